The van der Waals surface area contributed by atoms with Crippen LogP contribution in [0.3, 0.4) is 0 Å². The highest BCUT2D eigenvalue weighted by Crippen LogP contribution is 2.44. The fraction of sp³-hybridized carbons (Fsp3) is 0.385. The third-order valence-electron chi connectivity index (χ3n) is 8.03. The standard InChI is InChI=1S/C26H28N12O8/c27-20-14-23(30-8-29-20)37(9-31-14)25(18(43)16(41)12(6-39)45-25)35-36-26(19(44)17(42)13(7-40)46-26)38-10-32-15-21(28)33-22(34-24(15)38)11-4-2-1-3-5-11/h1-5,8-10,12-13,16-19,39-44H,6-7H2,(H2,27,29,30)(H2,28,33,34)/t12-,13-,16-,17-,18-,19-,25+,26+/m1/s1. The fourth-order valence-electron chi connectivity index (χ4n) is 5.63. The molecule has 0 spiro atoms. The van der Waals surface area contributed by atoms with E-state index in [1.54, 1.807) is 24.3 Å². The number of nitrogen functional groups attached to an aromatic ring is 2. The molecule has 1 aromatic carbocycles. The third-order valence-corrected chi connectivity index (χ3v) is 8.03. The first-order valence-corrected chi connectivity index (χ1v) is 13.9. The Balaban J connectivity index is 1.46. The van der Waals surface area contributed by atoms with Gasteiger partial charge in [-0.05, 0) is 0 Å². The van der Waals surface area contributed by atoms with Crippen LogP contribution in [0.25, 0.3) is 33.7 Å². The highest BCUT2D eigenvalue weighted by atomic mass is 16.6. The molecule has 0 radical (unpaired) electrons. The maximum absolute atomic E-state index is 11.5. The average molecular weight is 637 g/mol. The van der Waals surface area contributed by atoms with Crippen molar-refractivity contribution in [2.24, 2.45) is 10.2 Å². The molecule has 7 rings (SSSR count). The van der Waals surface area contributed by atoms with E-state index in [-0.39, 0.29) is 39.8 Å². The largest absolute Gasteiger partial charge is 0.394 e. The Morgan fingerprint density at radius 3 is 1.80 bits per heavy atom. The van der Waals surface area contributed by atoms with Crippen molar-refractivity contribution in [2.75, 3.05) is 24.7 Å². The van der Waals surface area contributed by atoms with Crippen LogP contribution in [0.4, 0.5) is 11.6 Å². The van der Waals surface area contributed by atoms with Crippen molar-refractivity contribution in [3.05, 3.63) is 49.3 Å². The lowest BCUT2D eigenvalue weighted by molar-refractivity contribution is -0.171. The molecule has 5 aromatic rings. The minimum Gasteiger partial charge on any atom is -0.394 e. The van der Waals surface area contributed by atoms with E-state index in [9.17, 15) is 30.6 Å². The summed E-state index contributed by atoms with van der Waals surface area (Å²) >= 11 is 0. The molecule has 2 saturated heterocycles. The molecule has 2 fully saturated rings. The van der Waals surface area contributed by atoms with Gasteiger partial charge in [-0.25, -0.2) is 29.9 Å². The number of nitrogens with two attached hydrogens (primary N) is 2. The summed E-state index contributed by atoms with van der Waals surface area (Å²) in [6, 6.07) is 8.86. The smallest absolute Gasteiger partial charge is 0.294 e. The molecule has 20 nitrogen and oxygen atoms in total. The molecule has 0 saturated carbocycles. The van der Waals surface area contributed by atoms with Gasteiger partial charge in [-0.3, -0.25) is 9.13 Å². The van der Waals surface area contributed by atoms with Crippen molar-refractivity contribution in [3.63, 3.8) is 0 Å². The lowest BCUT2D eigenvalue weighted by Gasteiger charge is -2.32. The number of imidazole rings is 2. The van der Waals surface area contributed by atoms with E-state index in [0.29, 0.717) is 5.56 Å². The van der Waals surface area contributed by atoms with E-state index >= 15 is 0 Å². The number of nitrogens with zero attached hydrogens (tertiary/aromatic N) is 10. The van der Waals surface area contributed by atoms with Gasteiger partial charge < -0.3 is 51.6 Å². The summed E-state index contributed by atoms with van der Waals surface area (Å²) in [5.41, 5.74) is 13.0. The number of benzene rings is 1. The van der Waals surface area contributed by atoms with Gasteiger partial charge in [-0.15, -0.1) is 10.2 Å². The molecule has 4 aromatic heterocycles. The van der Waals surface area contributed by atoms with Crippen LogP contribution in [0.2, 0.25) is 0 Å². The number of anilines is 2. The van der Waals surface area contributed by atoms with Crippen molar-refractivity contribution in [1.29, 1.82) is 0 Å². The first-order chi connectivity index (χ1) is 22.1. The van der Waals surface area contributed by atoms with Gasteiger partial charge >= 0.3 is 0 Å². The molecule has 0 amide bonds. The van der Waals surface area contributed by atoms with Gasteiger partial charge in [-0.2, -0.15) is 0 Å². The molecule has 0 aliphatic carbocycles. The molecule has 2 aliphatic heterocycles. The first-order valence-electron chi connectivity index (χ1n) is 13.9. The average Bonchev–Trinajstić information content (AvgIpc) is 3.82. The summed E-state index contributed by atoms with van der Waals surface area (Å²) in [7, 11) is 0. The zero-order chi connectivity index (χ0) is 32.4. The first kappa shape index (κ1) is 29.9. The van der Waals surface area contributed by atoms with Crippen molar-refractivity contribution < 1.29 is 40.1 Å². The van der Waals surface area contributed by atoms with Crippen molar-refractivity contribution in [2.45, 2.75) is 48.3 Å². The zero-order valence-corrected chi connectivity index (χ0v) is 23.6. The SMILES string of the molecule is Nc1ncnc2c1ncn2[C@]1(N=N[C@@]2(n3cnc4c(N)nc(-c5ccccc5)nc43)O[C@H](CO)[C@@H](O)[C@H]2O)O[C@H](CO)[C@@H](O)[C@H]1O. The predicted molar refractivity (Wildman–Crippen MR) is 154 cm³/mol. The lowest BCUT2D eigenvalue weighted by atomic mass is 10.1. The summed E-state index contributed by atoms with van der Waals surface area (Å²) in [5, 5.41) is 73.1. The topological polar surface area (TPSA) is 304 Å². The zero-order valence-electron chi connectivity index (χ0n) is 23.6. The molecular formula is C26H28N12O8. The van der Waals surface area contributed by atoms with E-state index in [4.69, 9.17) is 20.9 Å². The van der Waals surface area contributed by atoms with Crippen LogP contribution in [0, 0.1) is 0 Å². The Hall–Kier alpha value is -4.80. The second-order valence-corrected chi connectivity index (χ2v) is 10.7. The van der Waals surface area contributed by atoms with Crippen LogP contribution in [0.1, 0.15) is 0 Å². The van der Waals surface area contributed by atoms with Crippen molar-refractivity contribution in [3.8, 4) is 11.4 Å². The Morgan fingerprint density at radius 1 is 0.717 bits per heavy atom. The highest BCUT2D eigenvalue weighted by molar-refractivity contribution is 5.84. The van der Waals surface area contributed by atoms with E-state index in [2.05, 4.69) is 40.1 Å². The van der Waals surface area contributed by atoms with Crippen molar-refractivity contribution in [1.82, 2.24) is 39.0 Å². The number of aliphatic hydroxyl groups is 6. The molecule has 8 atom stereocenters. The van der Waals surface area contributed by atoms with Crippen molar-refractivity contribution >= 4 is 34.0 Å². The molecule has 0 bridgehead atoms. The van der Waals surface area contributed by atoms with Gasteiger partial charge in [0.1, 0.15) is 54.4 Å². The van der Waals surface area contributed by atoms with Gasteiger partial charge in [0.05, 0.1) is 13.2 Å². The molecule has 240 valence electrons. The molecule has 20 heteroatoms. The number of fused-ring (bicyclic) bond motifs is 2. The van der Waals surface area contributed by atoms with Gasteiger partial charge in [-0.1, -0.05) is 30.3 Å². The Bertz CT molecular complexity index is 1940. The number of rotatable bonds is 7. The van der Waals surface area contributed by atoms with E-state index < -0.39 is 61.5 Å². The minimum atomic E-state index is -2.43. The van der Waals surface area contributed by atoms with Crippen LogP contribution in [-0.2, 0) is 21.2 Å². The number of hydrogen-bond acceptors (Lipinski definition) is 18. The van der Waals surface area contributed by atoms with Crippen LogP contribution in [0.5, 0.6) is 0 Å². The monoisotopic (exact) mass is 636 g/mol. The van der Waals surface area contributed by atoms with Gasteiger partial charge in [0.25, 0.3) is 11.7 Å². The summed E-state index contributed by atoms with van der Waals surface area (Å²) in [6.07, 6.45) is -6.57. The molecule has 6 heterocycles. The summed E-state index contributed by atoms with van der Waals surface area (Å²) in [5.74, 6) is -4.69. The summed E-state index contributed by atoms with van der Waals surface area (Å²) in [4.78, 5) is 25.4. The van der Waals surface area contributed by atoms with Gasteiger partial charge in [0, 0.05) is 5.56 Å². The van der Waals surface area contributed by atoms with E-state index in [1.165, 1.54) is 6.33 Å². The lowest BCUT2D eigenvalue weighted by Crippen LogP contribution is -2.47. The molecule has 10 N–H and O–H groups in total. The van der Waals surface area contributed by atoms with Crippen LogP contribution in [-0.4, -0.2) is 120 Å². The second kappa shape index (κ2) is 10.9. The number of aromatic nitrogens is 8. The molecule has 46 heavy (non-hydrogen) atoms. The summed E-state index contributed by atoms with van der Waals surface area (Å²) < 4.78 is 14.2. The maximum atomic E-state index is 11.5. The number of hydrogen-bond donors (Lipinski definition) is 8. The Kier molecular flexibility index (Phi) is 7.10. The summed E-state index contributed by atoms with van der Waals surface area (Å²) in [6.45, 7) is -1.48. The predicted octanol–water partition coefficient (Wildman–Crippen LogP) is -2.60. The van der Waals surface area contributed by atoms with E-state index in [1.807, 2.05) is 6.07 Å². The maximum Gasteiger partial charge on any atom is 0.294 e. The normalized spacial score (nSPS) is 31.5. The quantitative estimate of drug-likeness (QED) is 0.0849. The fourth-order valence-corrected chi connectivity index (χ4v) is 5.63. The van der Waals surface area contributed by atoms with Gasteiger partial charge in [0.2, 0.25) is 0 Å². The van der Waals surface area contributed by atoms with Crippen LogP contribution in [0.15, 0.2) is 59.5 Å². The van der Waals surface area contributed by atoms with Gasteiger partial charge in [0.15, 0.2) is 41.0 Å². The minimum absolute atomic E-state index is 0.000976. The second-order valence-electron chi connectivity index (χ2n) is 10.7. The molecule has 0 unspecified atom stereocenters. The Labute approximate surface area is 257 Å². The van der Waals surface area contributed by atoms with Crippen LogP contribution >= 0.6 is 0 Å². The molecule has 2 aliphatic rings. The molecular weight excluding hydrogens is 608 g/mol. The number of ether oxygens (including phenoxy) is 2. The third kappa shape index (κ3) is 4.24. The number of aliphatic hydroxyl groups excluding tert-OH is 6. The highest BCUT2D eigenvalue weighted by Gasteiger charge is 2.61. The Morgan fingerprint density at radius 2 is 1.26 bits per heavy atom. The van der Waals surface area contributed by atoms with Crippen LogP contribution < -0.4 is 11.5 Å². The van der Waals surface area contributed by atoms with E-state index in [0.717, 1.165) is 21.8 Å². The number of azo groups is 1.